The summed E-state index contributed by atoms with van der Waals surface area (Å²) in [6.45, 7) is 4.30. The highest BCUT2D eigenvalue weighted by molar-refractivity contribution is 6.01. The van der Waals surface area contributed by atoms with Crippen molar-refractivity contribution in [2.45, 2.75) is 26.6 Å². The fraction of sp³-hybridized carbons (Fsp3) is 0.333. The van der Waals surface area contributed by atoms with E-state index in [1.54, 1.807) is 63.6 Å². The minimum Gasteiger partial charge on any atom is -0.497 e. The van der Waals surface area contributed by atoms with Crippen LogP contribution in [0.4, 0.5) is 0 Å². The summed E-state index contributed by atoms with van der Waals surface area (Å²) in [5.41, 5.74) is 1.52. The molecule has 0 aromatic heterocycles. The number of esters is 1. The fourth-order valence-corrected chi connectivity index (χ4v) is 2.50. The van der Waals surface area contributed by atoms with E-state index in [0.29, 0.717) is 35.8 Å². The predicted octanol–water partition coefficient (Wildman–Crippen LogP) is 3.67. The topological polar surface area (TPSA) is 71.1 Å². The third-order valence-corrected chi connectivity index (χ3v) is 4.01. The second kappa shape index (κ2) is 9.73. The Hall–Kier alpha value is -2.86. The molecule has 2 aromatic carbocycles. The average molecular weight is 372 g/mol. The van der Waals surface area contributed by atoms with Gasteiger partial charge in [-0.15, -0.1) is 0 Å². The maximum atomic E-state index is 12.5. The van der Waals surface area contributed by atoms with Gasteiger partial charge in [0.15, 0.2) is 6.10 Å². The summed E-state index contributed by atoms with van der Waals surface area (Å²) in [5.74, 6) is 0.414. The van der Waals surface area contributed by atoms with Crippen LogP contribution in [-0.2, 0) is 16.1 Å². The Balaban J connectivity index is 2.09. The molecule has 27 heavy (non-hydrogen) atoms. The highest BCUT2D eigenvalue weighted by Crippen LogP contribution is 2.22. The summed E-state index contributed by atoms with van der Waals surface area (Å²) >= 11 is 0. The van der Waals surface area contributed by atoms with Crippen molar-refractivity contribution in [3.8, 4) is 11.5 Å². The molecule has 0 heterocycles. The Kier molecular flexibility index (Phi) is 7.37. The molecule has 0 saturated heterocycles. The number of benzene rings is 2. The van der Waals surface area contributed by atoms with Gasteiger partial charge in [0.1, 0.15) is 11.5 Å². The number of Topliss-reactive ketones (excluding diaryl/α,β-unsaturated/α-hetero) is 1. The van der Waals surface area contributed by atoms with E-state index in [1.807, 2.05) is 6.92 Å². The summed E-state index contributed by atoms with van der Waals surface area (Å²) in [5, 5.41) is 0. The molecule has 0 aliphatic heterocycles. The first kappa shape index (κ1) is 20.5. The number of ketones is 1. The third kappa shape index (κ3) is 5.31. The summed E-state index contributed by atoms with van der Waals surface area (Å²) in [4.78, 5) is 24.9. The Morgan fingerprint density at radius 1 is 0.963 bits per heavy atom. The average Bonchev–Trinajstić information content (AvgIpc) is 2.71. The molecule has 2 aromatic rings. The molecule has 0 bridgehead atoms. The lowest BCUT2D eigenvalue weighted by atomic mass is 10.1. The van der Waals surface area contributed by atoms with Gasteiger partial charge in [0.05, 0.1) is 26.4 Å². The standard InChI is InChI=1S/C21H24O6/c1-5-26-13-17-12-16(8-11-19(17)25-4)21(23)27-14(2)20(22)15-6-9-18(24-3)10-7-15/h6-12,14H,5,13H2,1-4H3/t14-/m0/s1. The van der Waals surface area contributed by atoms with Crippen LogP contribution in [0.3, 0.4) is 0 Å². The molecule has 0 N–H and O–H groups in total. The van der Waals surface area contributed by atoms with Crippen LogP contribution in [0.2, 0.25) is 0 Å². The van der Waals surface area contributed by atoms with Crippen LogP contribution in [0.1, 0.15) is 40.1 Å². The molecule has 6 heteroatoms. The summed E-state index contributed by atoms with van der Waals surface area (Å²) in [6, 6.07) is 11.6. The molecule has 1 atom stereocenters. The van der Waals surface area contributed by atoms with Crippen molar-refractivity contribution in [3.05, 3.63) is 59.2 Å². The number of methoxy groups -OCH3 is 2. The third-order valence-electron chi connectivity index (χ3n) is 4.01. The van der Waals surface area contributed by atoms with Gasteiger partial charge in [-0.2, -0.15) is 0 Å². The number of carbonyl (C=O) groups is 2. The van der Waals surface area contributed by atoms with Gasteiger partial charge in [-0.1, -0.05) is 0 Å². The summed E-state index contributed by atoms with van der Waals surface area (Å²) in [7, 11) is 3.11. The molecule has 0 aliphatic carbocycles. The second-order valence-corrected chi connectivity index (χ2v) is 5.80. The Bertz CT molecular complexity index is 782. The minimum absolute atomic E-state index is 0.283. The molecule has 2 rings (SSSR count). The van der Waals surface area contributed by atoms with E-state index in [4.69, 9.17) is 18.9 Å². The van der Waals surface area contributed by atoms with Crippen molar-refractivity contribution in [2.24, 2.45) is 0 Å². The van der Waals surface area contributed by atoms with E-state index in [0.717, 1.165) is 5.56 Å². The van der Waals surface area contributed by atoms with E-state index in [2.05, 4.69) is 0 Å². The molecule has 0 radical (unpaired) electrons. The first-order valence-corrected chi connectivity index (χ1v) is 8.64. The highest BCUT2D eigenvalue weighted by atomic mass is 16.5. The van der Waals surface area contributed by atoms with E-state index in [-0.39, 0.29) is 5.78 Å². The van der Waals surface area contributed by atoms with E-state index in [9.17, 15) is 9.59 Å². The van der Waals surface area contributed by atoms with E-state index >= 15 is 0 Å². The number of carbonyl (C=O) groups excluding carboxylic acids is 2. The second-order valence-electron chi connectivity index (χ2n) is 5.80. The molecule has 0 unspecified atom stereocenters. The van der Waals surface area contributed by atoms with Crippen LogP contribution in [0.5, 0.6) is 11.5 Å². The highest BCUT2D eigenvalue weighted by Gasteiger charge is 2.21. The van der Waals surface area contributed by atoms with Gasteiger partial charge in [0.25, 0.3) is 0 Å². The van der Waals surface area contributed by atoms with Crippen LogP contribution in [0.25, 0.3) is 0 Å². The normalized spacial score (nSPS) is 11.6. The zero-order chi connectivity index (χ0) is 19.8. The Morgan fingerprint density at radius 3 is 2.22 bits per heavy atom. The largest absolute Gasteiger partial charge is 0.497 e. The number of hydrogen-bond donors (Lipinski definition) is 0. The van der Waals surface area contributed by atoms with Gasteiger partial charge in [0, 0.05) is 17.7 Å². The number of hydrogen-bond acceptors (Lipinski definition) is 6. The van der Waals surface area contributed by atoms with Crippen molar-refractivity contribution < 1.29 is 28.5 Å². The van der Waals surface area contributed by atoms with Gasteiger partial charge < -0.3 is 18.9 Å². The van der Waals surface area contributed by atoms with Gasteiger partial charge in [-0.3, -0.25) is 4.79 Å². The van der Waals surface area contributed by atoms with Crippen LogP contribution >= 0.6 is 0 Å². The molecule has 6 nitrogen and oxygen atoms in total. The van der Waals surface area contributed by atoms with Crippen LogP contribution in [0.15, 0.2) is 42.5 Å². The zero-order valence-electron chi connectivity index (χ0n) is 16.0. The lowest BCUT2D eigenvalue weighted by Gasteiger charge is -2.14. The maximum absolute atomic E-state index is 12.5. The summed E-state index contributed by atoms with van der Waals surface area (Å²) < 4.78 is 21.1. The lowest BCUT2D eigenvalue weighted by molar-refractivity contribution is 0.0318. The van der Waals surface area contributed by atoms with Crippen LogP contribution < -0.4 is 9.47 Å². The van der Waals surface area contributed by atoms with Crippen molar-refractivity contribution in [3.63, 3.8) is 0 Å². The molecular formula is C21H24O6. The summed E-state index contributed by atoms with van der Waals surface area (Å²) in [6.07, 6.45) is -0.914. The fourth-order valence-electron chi connectivity index (χ4n) is 2.50. The number of ether oxygens (including phenoxy) is 4. The SMILES string of the molecule is CCOCc1cc(C(=O)O[C@@H](C)C(=O)c2ccc(OC)cc2)ccc1OC. The first-order chi connectivity index (χ1) is 13.0. The van der Waals surface area contributed by atoms with Gasteiger partial charge in [-0.05, 0) is 56.3 Å². The predicted molar refractivity (Wildman–Crippen MR) is 101 cm³/mol. The molecule has 0 spiro atoms. The number of rotatable bonds is 9. The zero-order valence-corrected chi connectivity index (χ0v) is 16.0. The van der Waals surface area contributed by atoms with Crippen molar-refractivity contribution in [1.82, 2.24) is 0 Å². The Morgan fingerprint density at radius 2 is 1.63 bits per heavy atom. The lowest BCUT2D eigenvalue weighted by Crippen LogP contribution is -2.24. The van der Waals surface area contributed by atoms with Crippen LogP contribution in [0, 0.1) is 0 Å². The van der Waals surface area contributed by atoms with E-state index < -0.39 is 12.1 Å². The van der Waals surface area contributed by atoms with Crippen molar-refractivity contribution in [1.29, 1.82) is 0 Å². The first-order valence-electron chi connectivity index (χ1n) is 8.64. The quantitative estimate of drug-likeness (QED) is 0.494. The Labute approximate surface area is 159 Å². The van der Waals surface area contributed by atoms with Crippen molar-refractivity contribution in [2.75, 3.05) is 20.8 Å². The van der Waals surface area contributed by atoms with Gasteiger partial charge >= 0.3 is 5.97 Å². The molecule has 0 amide bonds. The van der Waals surface area contributed by atoms with Crippen molar-refractivity contribution >= 4 is 11.8 Å². The van der Waals surface area contributed by atoms with Crippen LogP contribution in [-0.4, -0.2) is 38.7 Å². The molecule has 0 fully saturated rings. The maximum Gasteiger partial charge on any atom is 0.338 e. The molecule has 144 valence electrons. The van der Waals surface area contributed by atoms with Gasteiger partial charge in [-0.25, -0.2) is 4.79 Å². The monoisotopic (exact) mass is 372 g/mol. The molecular weight excluding hydrogens is 348 g/mol. The molecule has 0 saturated carbocycles. The van der Waals surface area contributed by atoms with E-state index in [1.165, 1.54) is 0 Å². The van der Waals surface area contributed by atoms with Gasteiger partial charge in [0.2, 0.25) is 5.78 Å². The molecule has 0 aliphatic rings. The smallest absolute Gasteiger partial charge is 0.338 e. The minimum atomic E-state index is -0.914.